The third kappa shape index (κ3) is 6.88. The Bertz CT molecular complexity index is 974. The predicted octanol–water partition coefficient (Wildman–Crippen LogP) is 5.38. The zero-order chi connectivity index (χ0) is 25.3. The summed E-state index contributed by atoms with van der Waals surface area (Å²) in [5.74, 6) is 1.10. The number of ether oxygens (including phenoxy) is 1. The molecule has 6 nitrogen and oxygen atoms in total. The number of methoxy groups -OCH3 is 1. The molecule has 1 N–H and O–H groups in total. The van der Waals surface area contributed by atoms with Gasteiger partial charge in [-0.2, -0.15) is 0 Å². The molecule has 2 heterocycles. The first-order valence-electron chi connectivity index (χ1n) is 13.6. The highest BCUT2D eigenvalue weighted by atomic mass is 16.5. The van der Waals surface area contributed by atoms with Crippen LogP contribution in [0.5, 0.6) is 5.75 Å². The fraction of sp³-hybridized carbons (Fsp3) is 0.533. The van der Waals surface area contributed by atoms with Crippen LogP contribution in [-0.4, -0.2) is 60.9 Å². The lowest BCUT2D eigenvalue weighted by atomic mass is 9.92. The molecule has 2 aromatic carbocycles. The molecule has 0 saturated carbocycles. The Labute approximate surface area is 216 Å². The van der Waals surface area contributed by atoms with Gasteiger partial charge in [0.05, 0.1) is 7.11 Å². The van der Waals surface area contributed by atoms with Gasteiger partial charge in [-0.1, -0.05) is 31.9 Å². The number of nitrogens with one attached hydrogen (secondary N) is 1. The maximum absolute atomic E-state index is 13.0. The van der Waals surface area contributed by atoms with Crippen molar-refractivity contribution in [3.8, 4) is 5.75 Å². The Morgan fingerprint density at radius 3 is 2.17 bits per heavy atom. The summed E-state index contributed by atoms with van der Waals surface area (Å²) in [6.07, 6.45) is 8.55. The van der Waals surface area contributed by atoms with Crippen molar-refractivity contribution in [3.05, 3.63) is 59.7 Å². The number of carbonyl (C=O) groups is 2. The maximum atomic E-state index is 13.0. The molecule has 0 spiro atoms. The van der Waals surface area contributed by atoms with E-state index in [1.165, 1.54) is 24.8 Å². The highest BCUT2D eigenvalue weighted by Gasteiger charge is 2.32. The standard InChI is InChI=1S/C30H41N3O3/c1-3-4-5-6-23-7-9-25(10-8-23)30(35)33-21-17-27(18-22-33)32-19-15-24(16-20-32)29(34)31-26-11-13-28(36-2)14-12-26/h7-14,24,27H,3-6,15-22H2,1-2H3,(H,31,34). The van der Waals surface area contributed by atoms with Crippen LogP contribution in [-0.2, 0) is 11.2 Å². The van der Waals surface area contributed by atoms with Crippen molar-refractivity contribution in [3.63, 3.8) is 0 Å². The van der Waals surface area contributed by atoms with Crippen LogP contribution in [0, 0.1) is 5.92 Å². The first-order chi connectivity index (χ1) is 17.6. The lowest BCUT2D eigenvalue weighted by Gasteiger charge is -2.41. The Hall–Kier alpha value is -2.86. The summed E-state index contributed by atoms with van der Waals surface area (Å²) in [6, 6.07) is 16.2. The van der Waals surface area contributed by atoms with E-state index in [4.69, 9.17) is 4.74 Å². The number of likely N-dealkylation sites (tertiary alicyclic amines) is 2. The van der Waals surface area contributed by atoms with Crippen LogP contribution >= 0.6 is 0 Å². The third-order valence-corrected chi connectivity index (χ3v) is 7.80. The number of benzene rings is 2. The number of piperidine rings is 2. The van der Waals surface area contributed by atoms with Gasteiger partial charge in [0.2, 0.25) is 5.91 Å². The molecule has 0 radical (unpaired) electrons. The van der Waals surface area contributed by atoms with Gasteiger partial charge in [-0.3, -0.25) is 9.59 Å². The number of nitrogens with zero attached hydrogens (tertiary/aromatic N) is 2. The monoisotopic (exact) mass is 491 g/mol. The van der Waals surface area contributed by atoms with Crippen LogP contribution in [0.3, 0.4) is 0 Å². The number of anilines is 1. The van der Waals surface area contributed by atoms with Crippen molar-refractivity contribution < 1.29 is 14.3 Å². The van der Waals surface area contributed by atoms with Crippen molar-refractivity contribution >= 4 is 17.5 Å². The van der Waals surface area contributed by atoms with Crippen molar-refractivity contribution in [1.29, 1.82) is 0 Å². The van der Waals surface area contributed by atoms with E-state index in [2.05, 4.69) is 29.3 Å². The number of amides is 2. The summed E-state index contributed by atoms with van der Waals surface area (Å²) in [5.41, 5.74) is 2.93. The number of unbranched alkanes of at least 4 members (excludes halogenated alkanes) is 2. The second-order valence-electron chi connectivity index (χ2n) is 10.2. The number of carbonyl (C=O) groups excluding carboxylic acids is 2. The van der Waals surface area contributed by atoms with E-state index in [-0.39, 0.29) is 17.7 Å². The molecule has 6 heteroatoms. The van der Waals surface area contributed by atoms with Crippen molar-refractivity contribution in [2.45, 2.75) is 64.3 Å². The van der Waals surface area contributed by atoms with Gasteiger partial charge in [-0.05, 0) is 93.6 Å². The van der Waals surface area contributed by atoms with Gasteiger partial charge in [0.1, 0.15) is 5.75 Å². The van der Waals surface area contributed by atoms with Crippen LogP contribution in [0.4, 0.5) is 5.69 Å². The minimum atomic E-state index is 0.0509. The third-order valence-electron chi connectivity index (χ3n) is 7.80. The van der Waals surface area contributed by atoms with E-state index in [1.807, 2.05) is 41.3 Å². The number of aryl methyl sites for hydroxylation is 1. The Balaban J connectivity index is 1.19. The van der Waals surface area contributed by atoms with Gasteiger partial charge >= 0.3 is 0 Å². The van der Waals surface area contributed by atoms with Gasteiger partial charge in [-0.25, -0.2) is 0 Å². The molecule has 2 aliphatic rings. The molecular weight excluding hydrogens is 450 g/mol. The molecule has 2 fully saturated rings. The highest BCUT2D eigenvalue weighted by molar-refractivity contribution is 5.94. The predicted molar refractivity (Wildman–Crippen MR) is 145 cm³/mol. The summed E-state index contributed by atoms with van der Waals surface area (Å²) in [6.45, 7) is 5.72. The number of hydrogen-bond donors (Lipinski definition) is 1. The van der Waals surface area contributed by atoms with E-state index in [9.17, 15) is 9.59 Å². The van der Waals surface area contributed by atoms with Gasteiger partial charge < -0.3 is 19.9 Å². The molecule has 4 rings (SSSR count). The fourth-order valence-electron chi connectivity index (χ4n) is 5.46. The molecule has 2 aliphatic heterocycles. The van der Waals surface area contributed by atoms with E-state index < -0.39 is 0 Å². The zero-order valence-electron chi connectivity index (χ0n) is 21.9. The van der Waals surface area contributed by atoms with Crippen LogP contribution < -0.4 is 10.1 Å². The summed E-state index contributed by atoms with van der Waals surface area (Å²) in [7, 11) is 1.64. The maximum Gasteiger partial charge on any atom is 0.253 e. The fourth-order valence-corrected chi connectivity index (χ4v) is 5.46. The molecule has 0 aliphatic carbocycles. The molecule has 2 saturated heterocycles. The summed E-state index contributed by atoms with van der Waals surface area (Å²) < 4.78 is 5.18. The second kappa shape index (κ2) is 12.9. The molecule has 2 aromatic rings. The van der Waals surface area contributed by atoms with Crippen LogP contribution in [0.2, 0.25) is 0 Å². The topological polar surface area (TPSA) is 61.9 Å². The Morgan fingerprint density at radius 2 is 1.56 bits per heavy atom. The number of rotatable bonds is 9. The molecule has 2 amide bonds. The molecule has 0 aromatic heterocycles. The van der Waals surface area contributed by atoms with Gasteiger partial charge in [0.15, 0.2) is 0 Å². The van der Waals surface area contributed by atoms with E-state index in [0.29, 0.717) is 6.04 Å². The first kappa shape index (κ1) is 26.2. The SMILES string of the molecule is CCCCCc1ccc(C(=O)N2CCC(N3CCC(C(=O)Nc4ccc(OC)cc4)CC3)CC2)cc1. The summed E-state index contributed by atoms with van der Waals surface area (Å²) >= 11 is 0. The smallest absolute Gasteiger partial charge is 0.253 e. The minimum absolute atomic E-state index is 0.0509. The van der Waals surface area contributed by atoms with Crippen LogP contribution in [0.15, 0.2) is 48.5 Å². The lowest BCUT2D eigenvalue weighted by molar-refractivity contribution is -0.121. The lowest BCUT2D eigenvalue weighted by Crippen LogP contribution is -2.49. The summed E-state index contributed by atoms with van der Waals surface area (Å²) in [5, 5.41) is 3.05. The van der Waals surface area contributed by atoms with Crippen LogP contribution in [0.1, 0.15) is 67.8 Å². The molecule has 0 bridgehead atoms. The largest absolute Gasteiger partial charge is 0.497 e. The van der Waals surface area contributed by atoms with Gasteiger partial charge in [0, 0.05) is 36.3 Å². The van der Waals surface area contributed by atoms with Crippen LogP contribution in [0.25, 0.3) is 0 Å². The van der Waals surface area contributed by atoms with E-state index >= 15 is 0 Å². The second-order valence-corrected chi connectivity index (χ2v) is 10.2. The average molecular weight is 492 g/mol. The first-order valence-corrected chi connectivity index (χ1v) is 13.6. The molecule has 36 heavy (non-hydrogen) atoms. The van der Waals surface area contributed by atoms with E-state index in [1.54, 1.807) is 7.11 Å². The van der Waals surface area contributed by atoms with Crippen molar-refractivity contribution in [1.82, 2.24) is 9.80 Å². The normalized spacial score (nSPS) is 17.7. The molecule has 194 valence electrons. The van der Waals surface area contributed by atoms with Gasteiger partial charge in [0.25, 0.3) is 5.91 Å². The van der Waals surface area contributed by atoms with Crippen molar-refractivity contribution in [2.24, 2.45) is 5.92 Å². The summed E-state index contributed by atoms with van der Waals surface area (Å²) in [4.78, 5) is 30.3. The van der Waals surface area contributed by atoms with Crippen molar-refractivity contribution in [2.75, 3.05) is 38.6 Å². The number of hydrogen-bond acceptors (Lipinski definition) is 4. The molecule has 0 atom stereocenters. The Morgan fingerprint density at radius 1 is 0.889 bits per heavy atom. The van der Waals surface area contributed by atoms with Gasteiger partial charge in [-0.15, -0.1) is 0 Å². The highest BCUT2D eigenvalue weighted by Crippen LogP contribution is 2.26. The average Bonchev–Trinajstić information content (AvgIpc) is 2.94. The molecule has 0 unspecified atom stereocenters. The van der Waals surface area contributed by atoms with E-state index in [0.717, 1.165) is 75.3 Å². The zero-order valence-corrected chi connectivity index (χ0v) is 21.9. The molecular formula is C30H41N3O3. The Kier molecular flexibility index (Phi) is 9.40. The minimum Gasteiger partial charge on any atom is -0.497 e. The quantitative estimate of drug-likeness (QED) is 0.478.